The summed E-state index contributed by atoms with van der Waals surface area (Å²) in [5, 5.41) is 3.51. The largest absolute Gasteiger partial charge is 0.368 e. The molecule has 0 aromatic rings. The Morgan fingerprint density at radius 2 is 1.62 bits per heavy atom. The normalized spacial score (nSPS) is 42.7. The molecule has 5 fully saturated rings. The van der Waals surface area contributed by atoms with E-state index in [0.717, 1.165) is 44.8 Å². The Bertz CT molecular complexity index is 683. The number of ether oxygens (including phenoxy) is 2. The molecule has 3 aliphatic heterocycles. The first-order valence-electron chi connectivity index (χ1n) is 13.1. The zero-order chi connectivity index (χ0) is 22.2. The van der Waals surface area contributed by atoms with Crippen molar-refractivity contribution in [1.82, 2.24) is 15.1 Å². The first-order valence-corrected chi connectivity index (χ1v) is 13.1. The summed E-state index contributed by atoms with van der Waals surface area (Å²) in [6.07, 6.45) is 10.0. The predicted molar refractivity (Wildman–Crippen MR) is 121 cm³/mol. The maximum atomic E-state index is 13.4. The van der Waals surface area contributed by atoms with Crippen molar-refractivity contribution in [2.24, 2.45) is 17.8 Å². The summed E-state index contributed by atoms with van der Waals surface area (Å²) in [6, 6.07) is 0.374. The Hall–Kier alpha value is -1.18. The van der Waals surface area contributed by atoms with E-state index < -0.39 is 0 Å². The molecule has 6 atom stereocenters. The molecule has 0 radical (unpaired) electrons. The van der Waals surface area contributed by atoms with E-state index in [1.54, 1.807) is 6.92 Å². The number of hydrogen-bond donors (Lipinski definition) is 1. The van der Waals surface area contributed by atoms with Gasteiger partial charge in [0.1, 0.15) is 12.3 Å². The molecule has 7 heteroatoms. The molecule has 0 bridgehead atoms. The van der Waals surface area contributed by atoms with Crippen LogP contribution in [0.25, 0.3) is 0 Å². The van der Waals surface area contributed by atoms with Gasteiger partial charge in [-0.2, -0.15) is 0 Å². The number of nitrogens with one attached hydrogen (secondary N) is 1. The van der Waals surface area contributed by atoms with Crippen molar-refractivity contribution < 1.29 is 19.1 Å². The number of carbonyl (C=O) groups excluding carboxylic acids is 2. The van der Waals surface area contributed by atoms with E-state index in [9.17, 15) is 9.59 Å². The van der Waals surface area contributed by atoms with Gasteiger partial charge >= 0.3 is 0 Å². The fourth-order valence-electron chi connectivity index (χ4n) is 7.51. The van der Waals surface area contributed by atoms with Crippen molar-refractivity contribution in [2.75, 3.05) is 26.3 Å². The van der Waals surface area contributed by atoms with Crippen LogP contribution < -0.4 is 5.32 Å². The Morgan fingerprint density at radius 1 is 0.875 bits per heavy atom. The highest BCUT2D eigenvalue weighted by Gasteiger charge is 2.49. The Kier molecular flexibility index (Phi) is 6.77. The minimum Gasteiger partial charge on any atom is -0.368 e. The zero-order valence-corrected chi connectivity index (χ0v) is 19.8. The van der Waals surface area contributed by atoms with Gasteiger partial charge in [-0.1, -0.05) is 0 Å². The topological polar surface area (TPSA) is 71.1 Å². The molecule has 0 aromatic heterocycles. The van der Waals surface area contributed by atoms with E-state index in [-0.39, 0.29) is 42.3 Å². The molecule has 7 nitrogen and oxygen atoms in total. The monoisotopic (exact) mass is 447 g/mol. The second kappa shape index (κ2) is 9.59. The number of carbonyl (C=O) groups is 2. The molecule has 5 aliphatic rings. The summed E-state index contributed by atoms with van der Waals surface area (Å²) in [6.45, 7) is 6.95. The zero-order valence-electron chi connectivity index (χ0n) is 19.8. The first kappa shape index (κ1) is 22.6. The average molecular weight is 448 g/mol. The van der Waals surface area contributed by atoms with Crippen LogP contribution in [-0.4, -0.2) is 78.4 Å². The number of amides is 2. The summed E-state index contributed by atoms with van der Waals surface area (Å²) in [7, 11) is 0. The van der Waals surface area contributed by atoms with Crippen LogP contribution in [0.1, 0.15) is 71.6 Å². The number of nitrogens with zero attached hydrogens (tertiary/aromatic N) is 2. The van der Waals surface area contributed by atoms with E-state index in [0.29, 0.717) is 25.0 Å². The summed E-state index contributed by atoms with van der Waals surface area (Å²) in [5.41, 5.74) is 0. The smallest absolute Gasteiger partial charge is 0.252 e. The van der Waals surface area contributed by atoms with Crippen LogP contribution in [0.2, 0.25) is 0 Å². The lowest BCUT2D eigenvalue weighted by atomic mass is 9.67. The molecule has 0 spiro atoms. The third-order valence-corrected chi connectivity index (χ3v) is 9.02. The number of hydrogen-bond acceptors (Lipinski definition) is 5. The molecule has 2 amide bonds. The van der Waals surface area contributed by atoms with Gasteiger partial charge in [-0.05, 0) is 82.5 Å². The van der Waals surface area contributed by atoms with Crippen LogP contribution in [0, 0.1) is 17.8 Å². The highest BCUT2D eigenvalue weighted by Crippen LogP contribution is 2.44. The molecule has 180 valence electrons. The molecule has 0 aromatic carbocycles. The van der Waals surface area contributed by atoms with E-state index in [1.807, 2.05) is 0 Å². The summed E-state index contributed by atoms with van der Waals surface area (Å²) in [4.78, 5) is 30.2. The van der Waals surface area contributed by atoms with Gasteiger partial charge < -0.3 is 19.3 Å². The first-order chi connectivity index (χ1) is 15.5. The standard InChI is InChI=1S/C25H41N3O4/c1-16-15-27(25(30)23-4-3-12-31-23)22-14-20(9-10-21(22)28(16)17(2)29)18-5-7-19(8-6-18)24-26-11-13-32-24/h16,18-24,26H,3-15H2,1-2H3/t16-,18?,19?,20?,21?,22?,23?,24?/m0/s1. The fourth-order valence-corrected chi connectivity index (χ4v) is 7.51. The minimum atomic E-state index is -0.276. The second-order valence-electron chi connectivity index (χ2n) is 10.9. The Labute approximate surface area is 192 Å². The van der Waals surface area contributed by atoms with Gasteiger partial charge in [-0.25, -0.2) is 0 Å². The number of rotatable bonds is 3. The number of piperazine rings is 1. The lowest BCUT2D eigenvalue weighted by Crippen LogP contribution is -2.68. The molecular formula is C25H41N3O4. The van der Waals surface area contributed by atoms with Crippen LogP contribution in [0.5, 0.6) is 0 Å². The molecule has 3 heterocycles. The molecule has 1 N–H and O–H groups in total. The van der Waals surface area contributed by atoms with Gasteiger partial charge in [-0.15, -0.1) is 0 Å². The quantitative estimate of drug-likeness (QED) is 0.720. The second-order valence-corrected chi connectivity index (χ2v) is 10.9. The van der Waals surface area contributed by atoms with Crippen molar-refractivity contribution >= 4 is 11.8 Å². The minimum absolute atomic E-state index is 0.0741. The number of fused-ring (bicyclic) bond motifs is 1. The van der Waals surface area contributed by atoms with Crippen molar-refractivity contribution in [3.05, 3.63) is 0 Å². The third kappa shape index (κ3) is 4.32. The van der Waals surface area contributed by atoms with Gasteiger partial charge in [-0.3, -0.25) is 14.9 Å². The van der Waals surface area contributed by atoms with Gasteiger partial charge in [0, 0.05) is 32.7 Å². The summed E-state index contributed by atoms with van der Waals surface area (Å²) in [5.74, 6) is 2.35. The van der Waals surface area contributed by atoms with E-state index in [1.165, 1.54) is 32.1 Å². The van der Waals surface area contributed by atoms with Gasteiger partial charge in [0.15, 0.2) is 0 Å². The molecule has 2 saturated carbocycles. The Balaban J connectivity index is 1.27. The Morgan fingerprint density at radius 3 is 2.28 bits per heavy atom. The molecule has 32 heavy (non-hydrogen) atoms. The lowest BCUT2D eigenvalue weighted by molar-refractivity contribution is -0.160. The fraction of sp³-hybridized carbons (Fsp3) is 0.920. The lowest BCUT2D eigenvalue weighted by Gasteiger charge is -2.55. The summed E-state index contributed by atoms with van der Waals surface area (Å²) >= 11 is 0. The van der Waals surface area contributed by atoms with Crippen LogP contribution in [-0.2, 0) is 19.1 Å². The SMILES string of the molecule is CC(=O)N1C2CCC(C3CCC(C4NCCO4)CC3)CC2N(C(=O)C2CCCO2)C[C@@H]1C. The van der Waals surface area contributed by atoms with E-state index in [4.69, 9.17) is 9.47 Å². The molecule has 3 saturated heterocycles. The molecule has 2 aliphatic carbocycles. The van der Waals surface area contributed by atoms with Crippen molar-refractivity contribution in [2.45, 2.75) is 102 Å². The van der Waals surface area contributed by atoms with Crippen LogP contribution in [0.4, 0.5) is 0 Å². The molecular weight excluding hydrogens is 406 g/mol. The van der Waals surface area contributed by atoms with E-state index >= 15 is 0 Å². The van der Waals surface area contributed by atoms with Gasteiger partial charge in [0.2, 0.25) is 5.91 Å². The average Bonchev–Trinajstić information content (AvgIpc) is 3.52. The highest BCUT2D eigenvalue weighted by molar-refractivity contribution is 5.82. The van der Waals surface area contributed by atoms with Crippen molar-refractivity contribution in [1.29, 1.82) is 0 Å². The van der Waals surface area contributed by atoms with Crippen LogP contribution >= 0.6 is 0 Å². The highest BCUT2D eigenvalue weighted by atomic mass is 16.5. The van der Waals surface area contributed by atoms with E-state index in [2.05, 4.69) is 22.0 Å². The van der Waals surface area contributed by atoms with Crippen molar-refractivity contribution in [3.63, 3.8) is 0 Å². The van der Waals surface area contributed by atoms with Crippen LogP contribution in [0.15, 0.2) is 0 Å². The summed E-state index contributed by atoms with van der Waals surface area (Å²) < 4.78 is 11.6. The molecule has 5 unspecified atom stereocenters. The maximum Gasteiger partial charge on any atom is 0.252 e. The van der Waals surface area contributed by atoms with Gasteiger partial charge in [0.25, 0.3) is 5.91 Å². The van der Waals surface area contributed by atoms with Crippen LogP contribution in [0.3, 0.4) is 0 Å². The third-order valence-electron chi connectivity index (χ3n) is 9.02. The van der Waals surface area contributed by atoms with Gasteiger partial charge in [0.05, 0.1) is 18.7 Å². The molecule has 5 rings (SSSR count). The maximum absolute atomic E-state index is 13.4. The predicted octanol–water partition coefficient (Wildman–Crippen LogP) is 2.53. The van der Waals surface area contributed by atoms with Crippen molar-refractivity contribution in [3.8, 4) is 0 Å².